The maximum absolute atomic E-state index is 6.51. The smallest absolute Gasteiger partial charge is 0.143 e. The number of hydrogen-bond donors (Lipinski definition) is 0. The van der Waals surface area contributed by atoms with Crippen molar-refractivity contribution in [1.29, 1.82) is 0 Å². The standard InChI is InChI=1S/3C46H28N2O/c1-2-11-31-28-33(25-20-29(31)10-1)48-40-17-6-3-12-35(40)37-26-27-42-44(45(37)48)39-14-4-7-18-41(39)47(42)32-23-21-30(22-24-32)34-15-9-16-38-36-13-5-8-19-43(36)49-46(34)38;1-2-13-29(14-3-1)47-39-22-9-6-17-33(39)35-26-28-42-44(45(35)47)38-19-7-10-23-40(38)48(42)41-27-25-31(30-15-4-5-16-32(30)41)36-20-12-21-37-34-18-8-11-24-43(34)49-46(36)37;1-2-12-31(13-3-1)48-44-33-14-5-4-11-29(33)23-26-36(44)37-27-28-41-43(45(37)48)39-16-6-8-19-40(39)47(41)32-24-21-30(22-25-32)34-17-10-18-38-35-15-7-9-20-42(35)49-46(34)38/h3*1-28H. The Morgan fingerprint density at radius 1 is 0.136 bits per heavy atom. The Bertz CT molecular complexity index is 11300. The molecule has 0 saturated heterocycles. The second kappa shape index (κ2) is 32.4. The molecular formula is C138H84N6O3. The fraction of sp³-hybridized carbons (Fsp3) is 0. The number of benzene rings is 24. The van der Waals surface area contributed by atoms with E-state index in [-0.39, 0.29) is 0 Å². The first-order chi connectivity index (χ1) is 73.0. The van der Waals surface area contributed by atoms with Crippen molar-refractivity contribution in [3.05, 3.63) is 510 Å². The van der Waals surface area contributed by atoms with Gasteiger partial charge in [-0.15, -0.1) is 0 Å². The number of aromatic nitrogens is 6. The predicted octanol–water partition coefficient (Wildman–Crippen LogP) is 37.8. The van der Waals surface area contributed by atoms with E-state index in [9.17, 15) is 0 Å². The molecule has 9 nitrogen and oxygen atoms in total. The van der Waals surface area contributed by atoms with Crippen molar-refractivity contribution in [2.75, 3.05) is 0 Å². The Hall–Kier alpha value is -19.7. The van der Waals surface area contributed by atoms with Gasteiger partial charge in [0.15, 0.2) is 0 Å². The van der Waals surface area contributed by atoms with E-state index < -0.39 is 0 Å². The molecule has 0 radical (unpaired) electrons. The lowest BCUT2D eigenvalue weighted by Crippen LogP contribution is -1.97. The minimum atomic E-state index is 0.912. The molecule has 0 N–H and O–H groups in total. The number of rotatable bonds is 9. The second-order valence-corrected chi connectivity index (χ2v) is 38.7. The summed E-state index contributed by atoms with van der Waals surface area (Å²) in [6.07, 6.45) is 0. The molecule has 33 aromatic rings. The quantitative estimate of drug-likeness (QED) is 0.145. The van der Waals surface area contributed by atoms with Crippen molar-refractivity contribution in [1.82, 2.24) is 27.4 Å². The molecule has 0 bridgehead atoms. The molecule has 9 heterocycles. The van der Waals surface area contributed by atoms with Gasteiger partial charge in [0.1, 0.15) is 33.5 Å². The number of fused-ring (bicyclic) bond motifs is 34. The summed E-state index contributed by atoms with van der Waals surface area (Å²) in [4.78, 5) is 0. The molecule has 9 aromatic heterocycles. The van der Waals surface area contributed by atoms with Crippen LogP contribution in [-0.2, 0) is 0 Å². The summed E-state index contributed by atoms with van der Waals surface area (Å²) in [7, 11) is 0. The van der Waals surface area contributed by atoms with Crippen LogP contribution in [0.2, 0.25) is 0 Å². The van der Waals surface area contributed by atoms with Crippen LogP contribution < -0.4 is 0 Å². The van der Waals surface area contributed by atoms with Gasteiger partial charge >= 0.3 is 0 Å². The maximum Gasteiger partial charge on any atom is 0.143 e. The number of para-hydroxylation sites is 13. The van der Waals surface area contributed by atoms with Gasteiger partial charge in [0.2, 0.25) is 0 Å². The molecule has 0 atom stereocenters. The zero-order chi connectivity index (χ0) is 96.2. The Kier molecular flexibility index (Phi) is 18.1. The summed E-state index contributed by atoms with van der Waals surface area (Å²) in [5, 5.41) is 29.3. The van der Waals surface area contributed by atoms with Gasteiger partial charge in [-0.05, 0) is 172 Å². The van der Waals surface area contributed by atoms with Crippen LogP contribution in [0, 0.1) is 0 Å². The lowest BCUT2D eigenvalue weighted by Gasteiger charge is -2.15. The van der Waals surface area contributed by atoms with E-state index in [1.165, 1.54) is 169 Å². The normalized spacial score (nSPS) is 12.1. The van der Waals surface area contributed by atoms with Crippen LogP contribution in [-0.4, -0.2) is 27.4 Å². The largest absolute Gasteiger partial charge is 0.455 e. The summed E-state index contributed by atoms with van der Waals surface area (Å²) in [5.41, 5.74) is 33.6. The molecular weight excluding hydrogens is 1790 g/mol. The van der Waals surface area contributed by atoms with Gasteiger partial charge in [-0.1, -0.05) is 376 Å². The Balaban J connectivity index is 0.0000000999. The lowest BCUT2D eigenvalue weighted by atomic mass is 9.95. The fourth-order valence-corrected chi connectivity index (χ4v) is 24.6. The molecule has 684 valence electrons. The highest BCUT2D eigenvalue weighted by atomic mass is 16.3. The van der Waals surface area contributed by atoms with Crippen molar-refractivity contribution in [3.8, 4) is 67.5 Å². The molecule has 9 heteroatoms. The molecule has 0 aliphatic heterocycles. The minimum absolute atomic E-state index is 0.912. The average Bonchev–Trinajstić information content (AvgIpc) is 1.55. The van der Waals surface area contributed by atoms with E-state index in [0.717, 1.165) is 128 Å². The molecule has 24 aromatic carbocycles. The lowest BCUT2D eigenvalue weighted by molar-refractivity contribution is 0.669. The molecule has 0 fully saturated rings. The average molecular weight is 1870 g/mol. The van der Waals surface area contributed by atoms with Crippen LogP contribution in [0.5, 0.6) is 0 Å². The topological polar surface area (TPSA) is 69.0 Å². The molecule has 33 rings (SSSR count). The SMILES string of the molecule is c1ccc(-n2c3c4ccccc4ccc3c3ccc4c(c5ccccc5n4-c4ccc(-c5cccc6c5oc5ccccc56)cc4)c32)cc1.c1ccc(-n2c3ccccc3c3ccc4c(c5ccccc5n4-c4ccc(-c5cccc6c5oc5ccccc56)c5ccccc45)c32)cc1.c1ccc2cc(-n3c4ccccc4c4ccc5c(c6ccccc6n5-c5ccc(-c6cccc7c6oc6ccccc67)cc5)c43)ccc2c1. The van der Waals surface area contributed by atoms with Crippen LogP contribution in [0.15, 0.2) is 523 Å². The fourth-order valence-electron chi connectivity index (χ4n) is 24.6. The molecule has 0 aliphatic carbocycles. The Labute approximate surface area is 840 Å². The summed E-state index contributed by atoms with van der Waals surface area (Å²) < 4.78 is 34.0. The third kappa shape index (κ3) is 12.4. The van der Waals surface area contributed by atoms with Crippen LogP contribution >= 0.6 is 0 Å². The van der Waals surface area contributed by atoms with Crippen LogP contribution in [0.1, 0.15) is 0 Å². The van der Waals surface area contributed by atoms with Gasteiger partial charge in [0.05, 0.1) is 71.9 Å². The number of furan rings is 3. The minimum Gasteiger partial charge on any atom is -0.455 e. The summed E-state index contributed by atoms with van der Waals surface area (Å²) in [6.45, 7) is 0. The number of nitrogens with zero attached hydrogens (tertiary/aromatic N) is 6. The molecule has 0 saturated carbocycles. The Morgan fingerprint density at radius 3 is 0.952 bits per heavy atom. The Morgan fingerprint density at radius 2 is 0.456 bits per heavy atom. The maximum atomic E-state index is 6.51. The molecule has 0 spiro atoms. The zero-order valence-corrected chi connectivity index (χ0v) is 79.4. The third-order valence-corrected chi connectivity index (χ3v) is 30.9. The van der Waals surface area contributed by atoms with E-state index in [2.05, 4.69) is 507 Å². The van der Waals surface area contributed by atoms with Gasteiger partial charge in [-0.2, -0.15) is 0 Å². The highest BCUT2D eigenvalue weighted by Gasteiger charge is 2.29. The number of hydrogen-bond acceptors (Lipinski definition) is 3. The van der Waals surface area contributed by atoms with Crippen LogP contribution in [0.3, 0.4) is 0 Å². The van der Waals surface area contributed by atoms with E-state index in [0.29, 0.717) is 0 Å². The first-order valence-corrected chi connectivity index (χ1v) is 50.3. The first-order valence-electron chi connectivity index (χ1n) is 50.3. The van der Waals surface area contributed by atoms with E-state index in [1.54, 1.807) is 0 Å². The molecule has 0 aliphatic rings. The summed E-state index contributed by atoms with van der Waals surface area (Å²) >= 11 is 0. The van der Waals surface area contributed by atoms with Crippen molar-refractivity contribution in [2.45, 2.75) is 0 Å². The first kappa shape index (κ1) is 82.0. The molecule has 0 amide bonds. The van der Waals surface area contributed by atoms with Gasteiger partial charge in [0.25, 0.3) is 0 Å². The molecule has 0 unspecified atom stereocenters. The van der Waals surface area contributed by atoms with Gasteiger partial charge in [0, 0.05) is 153 Å². The zero-order valence-electron chi connectivity index (χ0n) is 79.4. The van der Waals surface area contributed by atoms with Gasteiger partial charge in [-0.3, -0.25) is 0 Å². The van der Waals surface area contributed by atoms with Gasteiger partial charge in [-0.25, -0.2) is 0 Å². The predicted molar refractivity (Wildman–Crippen MR) is 616 cm³/mol. The van der Waals surface area contributed by atoms with E-state index in [4.69, 9.17) is 13.3 Å². The highest BCUT2D eigenvalue weighted by molar-refractivity contribution is 6.32. The summed E-state index contributed by atoms with van der Waals surface area (Å²) in [6, 6.07) is 184. The van der Waals surface area contributed by atoms with Crippen LogP contribution in [0.4, 0.5) is 0 Å². The van der Waals surface area contributed by atoms with Gasteiger partial charge < -0.3 is 40.7 Å². The summed E-state index contributed by atoms with van der Waals surface area (Å²) in [5.74, 6) is 0. The van der Waals surface area contributed by atoms with Crippen molar-refractivity contribution >= 4 is 229 Å². The highest BCUT2D eigenvalue weighted by Crippen LogP contribution is 2.51. The van der Waals surface area contributed by atoms with Crippen molar-refractivity contribution in [3.63, 3.8) is 0 Å². The van der Waals surface area contributed by atoms with Crippen molar-refractivity contribution in [2.24, 2.45) is 0 Å². The van der Waals surface area contributed by atoms with Crippen LogP contribution in [0.25, 0.3) is 296 Å². The molecule has 147 heavy (non-hydrogen) atoms. The second-order valence-electron chi connectivity index (χ2n) is 38.7. The van der Waals surface area contributed by atoms with Crippen molar-refractivity contribution < 1.29 is 13.3 Å². The monoisotopic (exact) mass is 1870 g/mol. The van der Waals surface area contributed by atoms with E-state index >= 15 is 0 Å². The third-order valence-electron chi connectivity index (χ3n) is 30.9. The van der Waals surface area contributed by atoms with E-state index in [1.807, 2.05) is 30.3 Å².